The molecule has 0 saturated carbocycles. The first-order valence-electron chi connectivity index (χ1n) is 5.89. The van der Waals surface area contributed by atoms with E-state index < -0.39 is 6.10 Å². The number of hydrogen-bond acceptors (Lipinski definition) is 4. The number of anilines is 1. The average Bonchev–Trinajstić information content (AvgIpc) is 2.76. The van der Waals surface area contributed by atoms with Crippen molar-refractivity contribution in [2.45, 2.75) is 25.5 Å². The Labute approximate surface area is 105 Å². The number of amides is 1. The van der Waals surface area contributed by atoms with E-state index in [4.69, 9.17) is 0 Å². The van der Waals surface area contributed by atoms with Crippen LogP contribution in [0.4, 0.5) is 5.69 Å². The maximum Gasteiger partial charge on any atom is 0.241 e. The van der Waals surface area contributed by atoms with E-state index in [2.05, 4.69) is 10.6 Å². The van der Waals surface area contributed by atoms with Gasteiger partial charge in [-0.3, -0.25) is 9.59 Å². The number of rotatable bonds is 3. The highest BCUT2D eigenvalue weighted by Crippen LogP contribution is 2.13. The minimum Gasteiger partial charge on any atom is -0.392 e. The lowest BCUT2D eigenvalue weighted by molar-refractivity contribution is -0.117. The van der Waals surface area contributed by atoms with Gasteiger partial charge in [-0.15, -0.1) is 0 Å². The summed E-state index contributed by atoms with van der Waals surface area (Å²) in [6.07, 6.45) is -0.0533. The number of aliphatic hydroxyl groups excluding tert-OH is 1. The predicted molar refractivity (Wildman–Crippen MR) is 67.5 cm³/mol. The summed E-state index contributed by atoms with van der Waals surface area (Å²) >= 11 is 0. The van der Waals surface area contributed by atoms with Gasteiger partial charge >= 0.3 is 0 Å². The Morgan fingerprint density at radius 2 is 2.22 bits per heavy atom. The number of nitrogens with one attached hydrogen (secondary N) is 2. The van der Waals surface area contributed by atoms with Crippen LogP contribution in [-0.2, 0) is 4.79 Å². The lowest BCUT2D eigenvalue weighted by atomic mass is 10.1. The molecule has 0 spiro atoms. The summed E-state index contributed by atoms with van der Waals surface area (Å²) in [5.74, 6) is -0.229. The highest BCUT2D eigenvalue weighted by molar-refractivity contribution is 5.98. The van der Waals surface area contributed by atoms with Crippen molar-refractivity contribution in [2.75, 3.05) is 11.9 Å². The Hall–Kier alpha value is -1.72. The number of Topliss-reactive ketones (excluding diaryl/α,β-unsaturated/α-hetero) is 1. The molecule has 1 amide bonds. The van der Waals surface area contributed by atoms with E-state index in [9.17, 15) is 14.7 Å². The van der Waals surface area contributed by atoms with Gasteiger partial charge in [-0.05, 0) is 25.5 Å². The number of carbonyl (C=O) groups is 2. The number of ketones is 1. The topological polar surface area (TPSA) is 78.4 Å². The van der Waals surface area contributed by atoms with Crippen molar-refractivity contribution >= 4 is 17.4 Å². The van der Waals surface area contributed by atoms with Crippen molar-refractivity contribution < 1.29 is 14.7 Å². The van der Waals surface area contributed by atoms with Crippen LogP contribution in [0.2, 0.25) is 0 Å². The van der Waals surface area contributed by atoms with Crippen LogP contribution in [0.3, 0.4) is 0 Å². The molecule has 2 unspecified atom stereocenters. The molecule has 96 valence electrons. The van der Waals surface area contributed by atoms with E-state index >= 15 is 0 Å². The highest BCUT2D eigenvalue weighted by atomic mass is 16.3. The fraction of sp³-hybridized carbons (Fsp3) is 0.385. The molecule has 0 bridgehead atoms. The zero-order chi connectivity index (χ0) is 13.1. The number of β-amino-alcohol motifs (C(OH)–C–C–N with tert-alkyl or cyclic N) is 1. The van der Waals surface area contributed by atoms with Crippen LogP contribution in [-0.4, -0.2) is 35.5 Å². The molecule has 1 saturated heterocycles. The lowest BCUT2D eigenvalue weighted by Gasteiger charge is -2.11. The summed E-state index contributed by atoms with van der Waals surface area (Å²) in [6, 6.07) is 6.43. The summed E-state index contributed by atoms with van der Waals surface area (Å²) in [5, 5.41) is 15.0. The molecule has 0 radical (unpaired) electrons. The van der Waals surface area contributed by atoms with Gasteiger partial charge in [0.25, 0.3) is 0 Å². The molecule has 1 aliphatic heterocycles. The average molecular weight is 248 g/mol. The second-order valence-corrected chi connectivity index (χ2v) is 4.48. The van der Waals surface area contributed by atoms with Crippen LogP contribution in [0.1, 0.15) is 23.7 Å². The Morgan fingerprint density at radius 1 is 1.44 bits per heavy atom. The van der Waals surface area contributed by atoms with Gasteiger partial charge in [0.2, 0.25) is 5.91 Å². The molecule has 2 rings (SSSR count). The largest absolute Gasteiger partial charge is 0.392 e. The molecule has 1 aromatic rings. The number of aliphatic hydroxyl groups is 1. The van der Waals surface area contributed by atoms with Crippen molar-refractivity contribution in [1.82, 2.24) is 5.32 Å². The molecule has 1 heterocycles. The van der Waals surface area contributed by atoms with Gasteiger partial charge in [0.05, 0.1) is 12.1 Å². The summed E-state index contributed by atoms with van der Waals surface area (Å²) in [7, 11) is 0. The third-order valence-electron chi connectivity index (χ3n) is 2.96. The zero-order valence-corrected chi connectivity index (χ0v) is 10.1. The second kappa shape index (κ2) is 5.29. The molecule has 0 aromatic heterocycles. The van der Waals surface area contributed by atoms with Crippen molar-refractivity contribution in [3.05, 3.63) is 29.8 Å². The van der Waals surface area contributed by atoms with E-state index in [0.717, 1.165) is 0 Å². The number of benzene rings is 1. The summed E-state index contributed by atoms with van der Waals surface area (Å²) in [4.78, 5) is 23.1. The van der Waals surface area contributed by atoms with Crippen LogP contribution in [0, 0.1) is 0 Å². The smallest absolute Gasteiger partial charge is 0.241 e. The van der Waals surface area contributed by atoms with Crippen LogP contribution in [0.25, 0.3) is 0 Å². The van der Waals surface area contributed by atoms with Crippen LogP contribution in [0.5, 0.6) is 0 Å². The normalized spacial score (nSPS) is 22.8. The summed E-state index contributed by atoms with van der Waals surface area (Å²) < 4.78 is 0. The summed E-state index contributed by atoms with van der Waals surface area (Å²) in [5.41, 5.74) is 1.16. The third-order valence-corrected chi connectivity index (χ3v) is 2.96. The standard InChI is InChI=1S/C13H16N2O3/c1-8(16)9-3-2-4-10(5-9)15-13(18)12-6-11(17)7-14-12/h2-5,11-12,14,17H,6-7H2,1H3,(H,15,18). The maximum absolute atomic E-state index is 11.9. The maximum atomic E-state index is 11.9. The van der Waals surface area contributed by atoms with E-state index in [0.29, 0.717) is 24.2 Å². The molecule has 3 N–H and O–H groups in total. The van der Waals surface area contributed by atoms with E-state index in [-0.39, 0.29) is 17.7 Å². The minimum absolute atomic E-state index is 0.0412. The van der Waals surface area contributed by atoms with E-state index in [1.807, 2.05) is 0 Å². The predicted octanol–water partition coefficient (Wildman–Crippen LogP) is 0.550. The SMILES string of the molecule is CC(=O)c1cccc(NC(=O)C2CC(O)CN2)c1. The van der Waals surface area contributed by atoms with Gasteiger partial charge in [-0.1, -0.05) is 12.1 Å². The van der Waals surface area contributed by atoms with Crippen LogP contribution < -0.4 is 10.6 Å². The molecule has 0 aliphatic carbocycles. The molecule has 1 fully saturated rings. The minimum atomic E-state index is -0.468. The van der Waals surface area contributed by atoms with Crippen molar-refractivity contribution in [3.63, 3.8) is 0 Å². The van der Waals surface area contributed by atoms with Crippen LogP contribution >= 0.6 is 0 Å². The van der Waals surface area contributed by atoms with Crippen molar-refractivity contribution in [2.24, 2.45) is 0 Å². The fourth-order valence-corrected chi connectivity index (χ4v) is 1.96. The van der Waals surface area contributed by atoms with Crippen LogP contribution in [0.15, 0.2) is 24.3 Å². The van der Waals surface area contributed by atoms with Gasteiger partial charge in [0.1, 0.15) is 0 Å². The second-order valence-electron chi connectivity index (χ2n) is 4.48. The first kappa shape index (κ1) is 12.7. The first-order chi connectivity index (χ1) is 8.56. The molecule has 18 heavy (non-hydrogen) atoms. The lowest BCUT2D eigenvalue weighted by Crippen LogP contribution is -2.35. The molecule has 5 nitrogen and oxygen atoms in total. The Kier molecular flexibility index (Phi) is 3.74. The molecular formula is C13H16N2O3. The van der Waals surface area contributed by atoms with Gasteiger partial charge in [0.15, 0.2) is 5.78 Å². The third kappa shape index (κ3) is 2.94. The van der Waals surface area contributed by atoms with E-state index in [1.54, 1.807) is 24.3 Å². The van der Waals surface area contributed by atoms with Gasteiger partial charge in [-0.2, -0.15) is 0 Å². The Bertz CT molecular complexity index is 473. The molecule has 5 heteroatoms. The molecule has 2 atom stereocenters. The molecule has 1 aromatic carbocycles. The summed E-state index contributed by atoms with van der Waals surface area (Å²) in [6.45, 7) is 1.92. The monoisotopic (exact) mass is 248 g/mol. The Balaban J connectivity index is 2.03. The van der Waals surface area contributed by atoms with Crippen molar-refractivity contribution in [3.8, 4) is 0 Å². The van der Waals surface area contributed by atoms with E-state index in [1.165, 1.54) is 6.92 Å². The zero-order valence-electron chi connectivity index (χ0n) is 10.1. The number of hydrogen-bond donors (Lipinski definition) is 3. The van der Waals surface area contributed by atoms with Gasteiger partial charge in [-0.25, -0.2) is 0 Å². The van der Waals surface area contributed by atoms with Crippen molar-refractivity contribution in [1.29, 1.82) is 0 Å². The van der Waals surface area contributed by atoms with Gasteiger partial charge in [0, 0.05) is 17.8 Å². The Morgan fingerprint density at radius 3 is 2.83 bits per heavy atom. The molecule has 1 aliphatic rings. The van der Waals surface area contributed by atoms with Gasteiger partial charge < -0.3 is 15.7 Å². The highest BCUT2D eigenvalue weighted by Gasteiger charge is 2.27. The first-order valence-corrected chi connectivity index (χ1v) is 5.89. The quantitative estimate of drug-likeness (QED) is 0.683. The molecular weight excluding hydrogens is 232 g/mol. The fourth-order valence-electron chi connectivity index (χ4n) is 1.96. The number of carbonyl (C=O) groups excluding carboxylic acids is 2.